The zero-order valence-corrected chi connectivity index (χ0v) is 65.7. The van der Waals surface area contributed by atoms with Crippen LogP contribution in [-0.2, 0) is 0 Å². The molecule has 0 radical (unpaired) electrons. The molecule has 0 nitrogen and oxygen atoms in total. The fourth-order valence-electron chi connectivity index (χ4n) is 4.87. The molecule has 0 N–H and O–H groups in total. The van der Waals surface area contributed by atoms with E-state index in [0.717, 1.165) is 0 Å². The molecule has 0 heterocycles. The Bertz CT molecular complexity index is 1570. The minimum absolute atomic E-state index is 1.36. The molecule has 0 saturated heterocycles. The van der Waals surface area contributed by atoms with Gasteiger partial charge >= 0.3 is 555 Å². The van der Waals surface area contributed by atoms with Crippen LogP contribution in [0.1, 0.15) is 0 Å². The van der Waals surface area contributed by atoms with Crippen molar-refractivity contribution in [3.05, 3.63) is 71.4 Å². The quantitative estimate of drug-likeness (QED) is 0.0827. The SMILES string of the molecule is Ic1c(I)c(I)[c]([Ga-]([c]2c(I)c(I)c(I)c(I)c2I)([c]2c(I)c(I)c(I)c(I)c2I)[c]2c(I)c(I)c(I)c(I)c2I)c(I)c1I. The van der Waals surface area contributed by atoms with Gasteiger partial charge in [-0.25, -0.2) is 0 Å². The van der Waals surface area contributed by atoms with Crippen molar-refractivity contribution < 1.29 is 0 Å². The Kier molecular flexibility index (Phi) is 23.2. The average molecular weight is 2900 g/mol. The van der Waals surface area contributed by atoms with E-state index in [1.807, 2.05) is 0 Å². The predicted molar refractivity (Wildman–Crippen MR) is 364 cm³/mol. The van der Waals surface area contributed by atoms with E-state index in [0.29, 0.717) is 0 Å². The maximum absolute atomic E-state index is 4.26. The van der Waals surface area contributed by atoms with Crippen molar-refractivity contribution in [3.8, 4) is 0 Å². The van der Waals surface area contributed by atoms with E-state index in [1.165, 1.54) is 71.4 Å². The zero-order valence-electron chi connectivity index (χ0n) is 20.1. The van der Waals surface area contributed by atoms with E-state index < -0.39 is 15.0 Å². The van der Waals surface area contributed by atoms with Crippen LogP contribution in [0, 0.1) is 71.4 Å². The maximum atomic E-state index is 2.72. The third-order valence-electron chi connectivity index (χ3n) is 6.71. The fourth-order valence-corrected chi connectivity index (χ4v) is 60.9. The molecule has 0 saturated carbocycles. The molecule has 0 aromatic heterocycles. The van der Waals surface area contributed by atoms with E-state index >= 15 is 0 Å². The summed E-state index contributed by atoms with van der Waals surface area (Å²) in [7, 11) is 0. The second-order valence-electron chi connectivity index (χ2n) is 8.80. The Morgan fingerprint density at radius 1 is 0.156 bits per heavy atom. The Labute approximate surface area is 537 Å². The molecule has 4 rings (SSSR count). The minimum atomic E-state index is -4.26. The first kappa shape index (κ1) is 49.8. The molecule has 0 fully saturated rings. The monoisotopic (exact) mass is 2900 g/mol. The first-order valence-corrected chi connectivity index (χ1v) is 37.4. The summed E-state index contributed by atoms with van der Waals surface area (Å²) in [4.78, 5) is 0. The van der Waals surface area contributed by atoms with Crippen LogP contribution >= 0.6 is 452 Å². The van der Waals surface area contributed by atoms with Gasteiger partial charge in [0.2, 0.25) is 0 Å². The van der Waals surface area contributed by atoms with Gasteiger partial charge in [-0.1, -0.05) is 0 Å². The second kappa shape index (κ2) is 21.0. The van der Waals surface area contributed by atoms with Crippen molar-refractivity contribution >= 4 is 483 Å². The van der Waals surface area contributed by atoms with Crippen LogP contribution in [0.2, 0.25) is 0 Å². The summed E-state index contributed by atoms with van der Waals surface area (Å²) in [6.07, 6.45) is 0. The van der Waals surface area contributed by atoms with Crippen LogP contribution in [0.4, 0.5) is 0 Å². The summed E-state index contributed by atoms with van der Waals surface area (Å²) >= 11 is 48.8. The summed E-state index contributed by atoms with van der Waals surface area (Å²) in [6.45, 7) is 0. The van der Waals surface area contributed by atoms with Gasteiger partial charge in [0.15, 0.2) is 0 Å². The Morgan fingerprint density at radius 2 is 0.244 bits per heavy atom. The van der Waals surface area contributed by atoms with Crippen molar-refractivity contribution in [2.24, 2.45) is 0 Å². The molecule has 4 aromatic rings. The summed E-state index contributed by atoms with van der Waals surface area (Å²) in [5, 5.41) is 0. The van der Waals surface area contributed by atoms with Gasteiger partial charge in [0.05, 0.1) is 0 Å². The molecule has 0 spiro atoms. The number of rotatable bonds is 4. The van der Waals surface area contributed by atoms with Crippen LogP contribution in [-0.4, -0.2) is 15.0 Å². The van der Waals surface area contributed by atoms with Crippen LogP contribution in [0.3, 0.4) is 0 Å². The topological polar surface area (TPSA) is 0 Å². The molecular weight excluding hydrogens is 2900 g/mol. The molecular formula is C24GaI20-. The van der Waals surface area contributed by atoms with Gasteiger partial charge in [0.1, 0.15) is 0 Å². The first-order chi connectivity index (χ1) is 20.7. The summed E-state index contributed by atoms with van der Waals surface area (Å²) in [5.74, 6) is 0. The predicted octanol–water partition coefficient (Wildman–Crippen LogP) is 15.2. The van der Waals surface area contributed by atoms with Crippen LogP contribution in [0.5, 0.6) is 0 Å². The third-order valence-corrected chi connectivity index (χ3v) is 67.1. The second-order valence-corrected chi connectivity index (χ2v) is 38.9. The van der Waals surface area contributed by atoms with Gasteiger partial charge in [0, 0.05) is 0 Å². The Hall–Kier alpha value is 12.1. The number of hydrogen-bond donors (Lipinski definition) is 0. The van der Waals surface area contributed by atoms with Gasteiger partial charge in [-0.05, 0) is 0 Å². The summed E-state index contributed by atoms with van der Waals surface area (Å²) in [5.41, 5.74) is 0. The number of halogens is 20. The molecule has 4 aromatic carbocycles. The molecule has 45 heavy (non-hydrogen) atoms. The fraction of sp³-hybridized carbons (Fsp3) is 0. The summed E-state index contributed by atoms with van der Waals surface area (Å²) < 4.78 is 34.0. The normalized spacial score (nSPS) is 12.0. The van der Waals surface area contributed by atoms with Crippen LogP contribution < -0.4 is 16.5 Å². The molecule has 240 valence electrons. The number of hydrogen-bond acceptors (Lipinski definition) is 0. The third kappa shape index (κ3) is 9.42. The van der Waals surface area contributed by atoms with Crippen LogP contribution in [0.25, 0.3) is 0 Å². The standard InChI is InChI=1S/4C6I5.Ga/c4*7-2-1-3(8)5(10)6(11)4(2)9;/q;;;;-1. The van der Waals surface area contributed by atoms with Crippen molar-refractivity contribution in [2.75, 3.05) is 0 Å². The molecule has 0 aliphatic heterocycles. The van der Waals surface area contributed by atoms with E-state index in [9.17, 15) is 0 Å². The van der Waals surface area contributed by atoms with Crippen molar-refractivity contribution in [1.29, 1.82) is 0 Å². The first-order valence-electron chi connectivity index (χ1n) is 10.9. The average Bonchev–Trinajstić information content (AvgIpc) is 3.00. The van der Waals surface area contributed by atoms with E-state index in [2.05, 4.69) is 452 Å². The van der Waals surface area contributed by atoms with E-state index in [-0.39, 0.29) is 0 Å². The van der Waals surface area contributed by atoms with E-state index in [1.54, 1.807) is 16.5 Å². The molecule has 21 heteroatoms. The van der Waals surface area contributed by atoms with E-state index in [4.69, 9.17) is 0 Å². The van der Waals surface area contributed by atoms with Gasteiger partial charge in [0.25, 0.3) is 0 Å². The molecule has 0 aliphatic rings. The van der Waals surface area contributed by atoms with Gasteiger partial charge < -0.3 is 0 Å². The van der Waals surface area contributed by atoms with Crippen molar-refractivity contribution in [3.63, 3.8) is 0 Å². The van der Waals surface area contributed by atoms with Crippen molar-refractivity contribution in [1.82, 2.24) is 0 Å². The Morgan fingerprint density at radius 3 is 0.356 bits per heavy atom. The van der Waals surface area contributed by atoms with Gasteiger partial charge in [-0.15, -0.1) is 0 Å². The van der Waals surface area contributed by atoms with Crippen LogP contribution in [0.15, 0.2) is 0 Å². The molecule has 0 unspecified atom stereocenters. The molecule has 0 aliphatic carbocycles. The zero-order chi connectivity index (χ0) is 34.4. The van der Waals surface area contributed by atoms with Gasteiger partial charge in [-0.3, -0.25) is 0 Å². The molecule has 0 amide bonds. The number of benzene rings is 4. The molecule has 0 atom stereocenters. The Balaban J connectivity index is 2.69. The van der Waals surface area contributed by atoms with Gasteiger partial charge in [-0.2, -0.15) is 0 Å². The summed E-state index contributed by atoms with van der Waals surface area (Å²) in [6, 6.07) is 0. The van der Waals surface area contributed by atoms with Crippen molar-refractivity contribution in [2.45, 2.75) is 0 Å². The molecule has 0 bridgehead atoms.